The van der Waals surface area contributed by atoms with E-state index in [0.717, 1.165) is 0 Å². The number of rotatable bonds is 2. The monoisotopic (exact) mass is 190 g/mol. The summed E-state index contributed by atoms with van der Waals surface area (Å²) in [7, 11) is 0. The molecule has 0 aromatic heterocycles. The predicted octanol–water partition coefficient (Wildman–Crippen LogP) is 0.759. The van der Waals surface area contributed by atoms with Crippen LogP contribution in [0.3, 0.4) is 0 Å². The maximum atomic E-state index is 11.9. The number of carbonyl (C=O) groups excluding carboxylic acids is 3. The fraction of sp³-hybridized carbons (Fsp3) is 0.625. The number of hydrogen-bond acceptors (Lipinski definition) is 3. The van der Waals surface area contributed by atoms with E-state index < -0.39 is 29.7 Å². The molecule has 13 heavy (non-hydrogen) atoms. The number of carbonyl (C=O) groups is 3. The summed E-state index contributed by atoms with van der Waals surface area (Å²) >= 11 is 0. The summed E-state index contributed by atoms with van der Waals surface area (Å²) in [4.78, 5) is 32.7. The van der Waals surface area contributed by atoms with Crippen molar-refractivity contribution in [3.8, 4) is 0 Å². The Bertz CT molecular complexity index is 244. The van der Waals surface area contributed by atoms with Crippen LogP contribution in [0, 0.1) is 5.92 Å². The van der Waals surface area contributed by atoms with E-state index in [0.29, 0.717) is 6.42 Å². The highest BCUT2D eigenvalue weighted by molar-refractivity contribution is 6.21. The minimum absolute atomic E-state index is 0.0505. The third-order valence-corrected chi connectivity index (χ3v) is 1.99. The van der Waals surface area contributed by atoms with Gasteiger partial charge in [-0.25, -0.2) is 8.78 Å². The quantitative estimate of drug-likeness (QED) is 0.604. The summed E-state index contributed by atoms with van der Waals surface area (Å²) in [5.41, 5.74) is 0. The molecule has 1 rings (SSSR count). The first-order valence-electron chi connectivity index (χ1n) is 3.91. The lowest BCUT2D eigenvalue weighted by Crippen LogP contribution is -2.38. The van der Waals surface area contributed by atoms with Crippen molar-refractivity contribution in [2.45, 2.75) is 25.7 Å². The molecule has 0 aromatic rings. The lowest BCUT2D eigenvalue weighted by Gasteiger charge is -2.17. The third-order valence-electron chi connectivity index (χ3n) is 1.99. The van der Waals surface area contributed by atoms with Gasteiger partial charge in [-0.1, -0.05) is 0 Å². The molecule has 0 atom stereocenters. The summed E-state index contributed by atoms with van der Waals surface area (Å²) in [6, 6.07) is 0. The van der Waals surface area contributed by atoms with Crippen LogP contribution < -0.4 is 0 Å². The zero-order valence-electron chi connectivity index (χ0n) is 6.76. The Morgan fingerprint density at radius 2 is 1.69 bits per heavy atom. The van der Waals surface area contributed by atoms with Crippen molar-refractivity contribution in [2.75, 3.05) is 0 Å². The molecule has 0 aliphatic heterocycles. The molecule has 0 unspecified atom stereocenters. The largest absolute Gasteiger partial charge is 0.298 e. The first-order valence-corrected chi connectivity index (χ1v) is 3.91. The van der Waals surface area contributed by atoms with Gasteiger partial charge >= 0.3 is 0 Å². The molecule has 0 N–H and O–H groups in total. The van der Waals surface area contributed by atoms with Crippen LogP contribution >= 0.6 is 0 Å². The maximum Gasteiger partial charge on any atom is 0.297 e. The Morgan fingerprint density at radius 3 is 2.08 bits per heavy atom. The van der Waals surface area contributed by atoms with Gasteiger partial charge in [-0.2, -0.15) is 0 Å². The maximum absolute atomic E-state index is 11.9. The van der Waals surface area contributed by atoms with E-state index in [1.165, 1.54) is 0 Å². The van der Waals surface area contributed by atoms with Gasteiger partial charge in [-0.3, -0.25) is 14.4 Å². The first kappa shape index (κ1) is 9.95. The Hall–Kier alpha value is -1.13. The van der Waals surface area contributed by atoms with Crippen LogP contribution in [0.2, 0.25) is 0 Å². The van der Waals surface area contributed by atoms with Crippen LogP contribution in [0.15, 0.2) is 0 Å². The van der Waals surface area contributed by atoms with Crippen LogP contribution in [-0.4, -0.2) is 23.8 Å². The van der Waals surface area contributed by atoms with Crippen molar-refractivity contribution in [1.29, 1.82) is 0 Å². The van der Waals surface area contributed by atoms with Crippen LogP contribution in [0.1, 0.15) is 19.3 Å². The van der Waals surface area contributed by atoms with Gasteiger partial charge in [0.1, 0.15) is 5.92 Å². The minimum Gasteiger partial charge on any atom is -0.298 e. The van der Waals surface area contributed by atoms with Crippen molar-refractivity contribution in [3.05, 3.63) is 0 Å². The number of ketones is 3. The van der Waals surface area contributed by atoms with Gasteiger partial charge in [-0.05, 0) is 6.42 Å². The second-order valence-corrected chi connectivity index (χ2v) is 2.92. The summed E-state index contributed by atoms with van der Waals surface area (Å²) in [6.07, 6.45) is -2.76. The Labute approximate surface area is 73.1 Å². The number of Topliss-reactive ketones (excluding diaryl/α,β-unsaturated/α-hetero) is 3. The summed E-state index contributed by atoms with van der Waals surface area (Å²) in [5.74, 6) is -4.56. The molecule has 0 heterocycles. The van der Waals surface area contributed by atoms with Crippen LogP contribution in [0.25, 0.3) is 0 Å². The topological polar surface area (TPSA) is 51.2 Å². The Morgan fingerprint density at radius 1 is 1.23 bits per heavy atom. The highest BCUT2D eigenvalue weighted by Crippen LogP contribution is 2.20. The number of alkyl halides is 2. The summed E-state index contributed by atoms with van der Waals surface area (Å²) < 4.78 is 23.8. The molecule has 0 saturated heterocycles. The third kappa shape index (κ3) is 1.96. The minimum atomic E-state index is -3.23. The van der Waals surface area contributed by atoms with Gasteiger partial charge in [0, 0.05) is 12.8 Å². The summed E-state index contributed by atoms with van der Waals surface area (Å²) in [5, 5.41) is 0. The van der Waals surface area contributed by atoms with E-state index in [2.05, 4.69) is 0 Å². The van der Waals surface area contributed by atoms with Gasteiger partial charge in [-0.15, -0.1) is 0 Å². The molecule has 1 saturated carbocycles. The van der Waals surface area contributed by atoms with Crippen molar-refractivity contribution in [2.24, 2.45) is 5.92 Å². The smallest absolute Gasteiger partial charge is 0.297 e. The molecule has 5 heteroatoms. The van der Waals surface area contributed by atoms with E-state index in [1.807, 2.05) is 0 Å². The van der Waals surface area contributed by atoms with Crippen molar-refractivity contribution in [3.63, 3.8) is 0 Å². The van der Waals surface area contributed by atoms with Crippen LogP contribution in [0.4, 0.5) is 8.78 Å². The Balaban J connectivity index is 2.80. The molecule has 0 radical (unpaired) electrons. The molecule has 1 aliphatic carbocycles. The molecule has 0 amide bonds. The second-order valence-electron chi connectivity index (χ2n) is 2.92. The average molecular weight is 190 g/mol. The molecule has 1 fully saturated rings. The van der Waals surface area contributed by atoms with E-state index >= 15 is 0 Å². The first-order chi connectivity index (χ1) is 6.04. The Kier molecular flexibility index (Phi) is 2.85. The second kappa shape index (κ2) is 3.72. The van der Waals surface area contributed by atoms with E-state index in [1.54, 1.807) is 0 Å². The van der Waals surface area contributed by atoms with E-state index in [9.17, 15) is 23.2 Å². The molecule has 72 valence electrons. The standard InChI is InChI=1S/C8H8F2O3/c9-8(10)7(13)6-4(11)2-1-3-5(6)12/h6,8H,1-3H2. The summed E-state index contributed by atoms with van der Waals surface area (Å²) in [6.45, 7) is 0. The van der Waals surface area contributed by atoms with Gasteiger partial charge < -0.3 is 0 Å². The SMILES string of the molecule is O=C1CCCC(=O)C1C(=O)C(F)F. The zero-order chi connectivity index (χ0) is 10.0. The predicted molar refractivity (Wildman–Crippen MR) is 38.4 cm³/mol. The molecular formula is C8H8F2O3. The average Bonchev–Trinajstić information content (AvgIpc) is 2.03. The fourth-order valence-corrected chi connectivity index (χ4v) is 1.35. The highest BCUT2D eigenvalue weighted by Gasteiger charge is 2.39. The molecule has 0 aromatic carbocycles. The van der Waals surface area contributed by atoms with Gasteiger partial charge in [0.2, 0.25) is 5.78 Å². The van der Waals surface area contributed by atoms with Crippen LogP contribution in [-0.2, 0) is 14.4 Å². The molecule has 1 aliphatic rings. The molecule has 3 nitrogen and oxygen atoms in total. The fourth-order valence-electron chi connectivity index (χ4n) is 1.35. The van der Waals surface area contributed by atoms with E-state index in [-0.39, 0.29) is 12.8 Å². The van der Waals surface area contributed by atoms with Gasteiger partial charge in [0.15, 0.2) is 11.6 Å². The van der Waals surface area contributed by atoms with Crippen molar-refractivity contribution >= 4 is 17.3 Å². The molecular weight excluding hydrogens is 182 g/mol. The normalized spacial score (nSPS) is 19.6. The lowest BCUT2D eigenvalue weighted by atomic mass is 9.84. The number of halogens is 2. The van der Waals surface area contributed by atoms with Gasteiger partial charge in [0.25, 0.3) is 6.43 Å². The van der Waals surface area contributed by atoms with Crippen molar-refractivity contribution in [1.82, 2.24) is 0 Å². The van der Waals surface area contributed by atoms with Gasteiger partial charge in [0.05, 0.1) is 0 Å². The highest BCUT2D eigenvalue weighted by atomic mass is 19.3. The number of hydrogen-bond donors (Lipinski definition) is 0. The lowest BCUT2D eigenvalue weighted by molar-refractivity contribution is -0.147. The van der Waals surface area contributed by atoms with E-state index in [4.69, 9.17) is 0 Å². The molecule has 0 spiro atoms. The van der Waals surface area contributed by atoms with Crippen LogP contribution in [0.5, 0.6) is 0 Å². The van der Waals surface area contributed by atoms with Crippen molar-refractivity contribution < 1.29 is 23.2 Å². The molecule has 0 bridgehead atoms. The zero-order valence-corrected chi connectivity index (χ0v) is 6.76.